The second kappa shape index (κ2) is 6.71. The minimum absolute atomic E-state index is 0.0551. The Labute approximate surface area is 148 Å². The number of aryl methyl sites for hydroxylation is 1. The fourth-order valence-corrected chi connectivity index (χ4v) is 3.64. The highest BCUT2D eigenvalue weighted by molar-refractivity contribution is 5.93. The first-order valence-corrected chi connectivity index (χ1v) is 8.97. The van der Waals surface area contributed by atoms with Crippen molar-refractivity contribution in [3.05, 3.63) is 71.7 Å². The van der Waals surface area contributed by atoms with Crippen molar-refractivity contribution in [2.75, 3.05) is 13.1 Å². The van der Waals surface area contributed by atoms with Gasteiger partial charge in [-0.1, -0.05) is 30.3 Å². The monoisotopic (exact) mass is 333 g/mol. The molecule has 0 radical (unpaired) electrons. The lowest BCUT2D eigenvalue weighted by Gasteiger charge is -2.31. The molecular weight excluding hydrogens is 310 g/mol. The molecule has 0 spiro atoms. The number of fused-ring (bicyclic) bond motifs is 1. The summed E-state index contributed by atoms with van der Waals surface area (Å²) < 4.78 is 1.92. The van der Waals surface area contributed by atoms with Gasteiger partial charge < -0.3 is 9.30 Å². The minimum Gasteiger partial charge on any atom is -0.337 e. The summed E-state index contributed by atoms with van der Waals surface area (Å²) in [6.07, 6.45) is 7.03. The van der Waals surface area contributed by atoms with Gasteiger partial charge in [-0.15, -0.1) is 0 Å². The molecule has 4 nitrogen and oxygen atoms in total. The number of hydrogen-bond acceptors (Lipinski definition) is 2. The SMILES string of the molecule is Cc1ccn2cc(C(=O)N3CCC(Cc4ccccc4)CC3)nc2c1. The van der Waals surface area contributed by atoms with Crippen LogP contribution in [0.25, 0.3) is 5.65 Å². The zero-order valence-corrected chi connectivity index (χ0v) is 14.6. The molecule has 128 valence electrons. The number of benzene rings is 1. The van der Waals surface area contributed by atoms with Crippen molar-refractivity contribution in [3.8, 4) is 0 Å². The first-order chi connectivity index (χ1) is 12.2. The van der Waals surface area contributed by atoms with Gasteiger partial charge in [0.05, 0.1) is 0 Å². The van der Waals surface area contributed by atoms with Crippen molar-refractivity contribution in [3.63, 3.8) is 0 Å². The van der Waals surface area contributed by atoms with Crippen molar-refractivity contribution in [1.29, 1.82) is 0 Å². The zero-order valence-electron chi connectivity index (χ0n) is 14.6. The standard InChI is InChI=1S/C21H23N3O/c1-16-7-10-24-15-19(22-20(24)13-16)21(25)23-11-8-18(9-12-23)14-17-5-3-2-4-6-17/h2-7,10,13,15,18H,8-9,11-12,14H2,1H3. The topological polar surface area (TPSA) is 37.6 Å². The molecule has 25 heavy (non-hydrogen) atoms. The maximum atomic E-state index is 12.8. The first kappa shape index (κ1) is 15.9. The third kappa shape index (κ3) is 3.43. The molecule has 0 aliphatic carbocycles. The van der Waals surface area contributed by atoms with Gasteiger partial charge in [0.1, 0.15) is 11.3 Å². The van der Waals surface area contributed by atoms with Gasteiger partial charge in [-0.3, -0.25) is 4.79 Å². The number of pyridine rings is 1. The Morgan fingerprint density at radius 2 is 1.92 bits per heavy atom. The van der Waals surface area contributed by atoms with Crippen LogP contribution in [0.2, 0.25) is 0 Å². The van der Waals surface area contributed by atoms with Gasteiger partial charge in [0.25, 0.3) is 5.91 Å². The van der Waals surface area contributed by atoms with Gasteiger partial charge in [-0.25, -0.2) is 4.98 Å². The number of likely N-dealkylation sites (tertiary alicyclic amines) is 1. The maximum absolute atomic E-state index is 12.8. The van der Waals surface area contributed by atoms with Crippen molar-refractivity contribution in [1.82, 2.24) is 14.3 Å². The number of rotatable bonds is 3. The van der Waals surface area contributed by atoms with E-state index in [0.717, 1.165) is 43.6 Å². The molecule has 1 aromatic carbocycles. The summed E-state index contributed by atoms with van der Waals surface area (Å²) >= 11 is 0. The highest BCUT2D eigenvalue weighted by Gasteiger charge is 2.25. The normalized spacial score (nSPS) is 15.6. The molecule has 4 rings (SSSR count). The summed E-state index contributed by atoms with van der Waals surface area (Å²) in [6, 6.07) is 14.7. The van der Waals surface area contributed by atoms with Crippen LogP contribution in [0.1, 0.15) is 34.5 Å². The summed E-state index contributed by atoms with van der Waals surface area (Å²) in [7, 11) is 0. The number of hydrogen-bond donors (Lipinski definition) is 0. The number of nitrogens with zero attached hydrogens (tertiary/aromatic N) is 3. The quantitative estimate of drug-likeness (QED) is 0.732. The van der Waals surface area contributed by atoms with Gasteiger partial charge in [0.2, 0.25) is 0 Å². The number of carbonyl (C=O) groups is 1. The molecule has 4 heteroatoms. The summed E-state index contributed by atoms with van der Waals surface area (Å²) in [5.41, 5.74) is 3.93. The summed E-state index contributed by atoms with van der Waals surface area (Å²) in [5, 5.41) is 0. The van der Waals surface area contributed by atoms with Gasteiger partial charge in [0.15, 0.2) is 0 Å². The van der Waals surface area contributed by atoms with Crippen LogP contribution >= 0.6 is 0 Å². The Balaban J connectivity index is 1.40. The van der Waals surface area contributed by atoms with Gasteiger partial charge >= 0.3 is 0 Å². The third-order valence-electron chi connectivity index (χ3n) is 5.10. The number of carbonyl (C=O) groups excluding carboxylic acids is 1. The molecule has 0 atom stereocenters. The molecular formula is C21H23N3O. The van der Waals surface area contributed by atoms with E-state index in [2.05, 4.69) is 35.3 Å². The first-order valence-electron chi connectivity index (χ1n) is 8.97. The highest BCUT2D eigenvalue weighted by atomic mass is 16.2. The fraction of sp³-hybridized carbons (Fsp3) is 0.333. The number of imidazole rings is 1. The molecule has 1 aliphatic rings. The van der Waals surface area contributed by atoms with Crippen molar-refractivity contribution in [2.45, 2.75) is 26.2 Å². The predicted octanol–water partition coefficient (Wildman–Crippen LogP) is 3.74. The van der Waals surface area contributed by atoms with E-state index in [1.54, 1.807) is 0 Å². The van der Waals surface area contributed by atoms with E-state index >= 15 is 0 Å². The lowest BCUT2D eigenvalue weighted by Crippen LogP contribution is -2.39. The second-order valence-electron chi connectivity index (χ2n) is 7.02. The van der Waals surface area contributed by atoms with Gasteiger partial charge in [-0.2, -0.15) is 0 Å². The summed E-state index contributed by atoms with van der Waals surface area (Å²) in [5.74, 6) is 0.717. The summed E-state index contributed by atoms with van der Waals surface area (Å²) in [4.78, 5) is 19.2. The molecule has 1 amide bonds. The highest BCUT2D eigenvalue weighted by Crippen LogP contribution is 2.23. The molecule has 1 fully saturated rings. The molecule has 0 N–H and O–H groups in total. The smallest absolute Gasteiger partial charge is 0.274 e. The van der Waals surface area contributed by atoms with Crippen LogP contribution in [0.15, 0.2) is 54.9 Å². The van der Waals surface area contributed by atoms with E-state index in [0.29, 0.717) is 11.6 Å². The van der Waals surface area contributed by atoms with Crippen molar-refractivity contribution >= 4 is 11.6 Å². The Morgan fingerprint density at radius 1 is 1.16 bits per heavy atom. The van der Waals surface area contributed by atoms with E-state index in [4.69, 9.17) is 0 Å². The molecule has 0 saturated carbocycles. The second-order valence-corrected chi connectivity index (χ2v) is 7.02. The molecule has 0 bridgehead atoms. The molecule has 3 heterocycles. The van der Waals surface area contributed by atoms with Crippen LogP contribution in [-0.2, 0) is 6.42 Å². The van der Waals surface area contributed by atoms with Crippen molar-refractivity contribution < 1.29 is 4.79 Å². The van der Waals surface area contributed by atoms with Crippen LogP contribution in [-0.4, -0.2) is 33.3 Å². The number of piperidine rings is 1. The van der Waals surface area contributed by atoms with E-state index in [9.17, 15) is 4.79 Å². The largest absolute Gasteiger partial charge is 0.337 e. The third-order valence-corrected chi connectivity index (χ3v) is 5.10. The Morgan fingerprint density at radius 3 is 2.68 bits per heavy atom. The maximum Gasteiger partial charge on any atom is 0.274 e. The number of aromatic nitrogens is 2. The van der Waals surface area contributed by atoms with Crippen molar-refractivity contribution in [2.24, 2.45) is 5.92 Å². The fourth-order valence-electron chi connectivity index (χ4n) is 3.64. The van der Waals surface area contributed by atoms with Gasteiger partial charge in [0, 0.05) is 25.5 Å². The summed E-state index contributed by atoms with van der Waals surface area (Å²) in [6.45, 7) is 3.68. The van der Waals surface area contributed by atoms with Crippen LogP contribution < -0.4 is 0 Å². The van der Waals surface area contributed by atoms with Crippen LogP contribution in [0.3, 0.4) is 0 Å². The average Bonchev–Trinajstić information content (AvgIpc) is 3.06. The Bertz CT molecular complexity index is 877. The van der Waals surface area contributed by atoms with E-state index in [-0.39, 0.29) is 5.91 Å². The van der Waals surface area contributed by atoms with Gasteiger partial charge in [-0.05, 0) is 55.4 Å². The lowest BCUT2D eigenvalue weighted by molar-refractivity contribution is 0.0685. The minimum atomic E-state index is 0.0551. The van der Waals surface area contributed by atoms with E-state index in [1.165, 1.54) is 5.56 Å². The molecule has 0 unspecified atom stereocenters. The predicted molar refractivity (Wildman–Crippen MR) is 98.7 cm³/mol. The van der Waals surface area contributed by atoms with Crippen LogP contribution in [0.5, 0.6) is 0 Å². The number of amides is 1. The molecule has 1 saturated heterocycles. The van der Waals surface area contributed by atoms with Crippen LogP contribution in [0.4, 0.5) is 0 Å². The lowest BCUT2D eigenvalue weighted by atomic mass is 9.90. The average molecular weight is 333 g/mol. The van der Waals surface area contributed by atoms with E-state index < -0.39 is 0 Å². The molecule has 1 aliphatic heterocycles. The molecule has 2 aromatic heterocycles. The van der Waals surface area contributed by atoms with E-state index in [1.807, 2.05) is 40.8 Å². The molecule has 3 aromatic rings. The van der Waals surface area contributed by atoms with Crippen LogP contribution in [0, 0.1) is 12.8 Å². The Hall–Kier alpha value is -2.62. The Kier molecular flexibility index (Phi) is 4.26. The zero-order chi connectivity index (χ0) is 17.2.